The molecule has 3 heteroatoms. The molecular formula is C14H21ClN2. The summed E-state index contributed by atoms with van der Waals surface area (Å²) < 4.78 is 0. The molecule has 0 aliphatic heterocycles. The summed E-state index contributed by atoms with van der Waals surface area (Å²) in [6.07, 6.45) is 5.44. The molecule has 0 amide bonds. The average Bonchev–Trinajstić information content (AvgIpc) is 2.32. The Kier molecular flexibility index (Phi) is 4.16. The number of benzene rings is 1. The van der Waals surface area contributed by atoms with E-state index in [1.165, 1.54) is 25.7 Å². The molecule has 1 aliphatic rings. The van der Waals surface area contributed by atoms with Gasteiger partial charge in [-0.1, -0.05) is 37.8 Å². The Morgan fingerprint density at radius 2 is 2.12 bits per heavy atom. The maximum absolute atomic E-state index is 5.97. The number of hydrogen-bond acceptors (Lipinski definition) is 2. The molecule has 1 aromatic carbocycles. The van der Waals surface area contributed by atoms with Gasteiger partial charge in [0.05, 0.1) is 11.4 Å². The molecule has 0 spiro atoms. The maximum atomic E-state index is 5.97. The molecule has 1 fully saturated rings. The van der Waals surface area contributed by atoms with E-state index in [2.05, 4.69) is 12.2 Å². The number of nitrogens with two attached hydrogens (primary N) is 1. The normalized spacial score (nSPS) is 24.6. The van der Waals surface area contributed by atoms with Crippen molar-refractivity contribution < 1.29 is 0 Å². The van der Waals surface area contributed by atoms with Crippen LogP contribution in [0.15, 0.2) is 18.2 Å². The first-order valence-corrected chi connectivity index (χ1v) is 6.83. The first-order chi connectivity index (χ1) is 8.16. The molecule has 2 nitrogen and oxygen atoms in total. The van der Waals surface area contributed by atoms with Crippen molar-refractivity contribution in [2.24, 2.45) is 11.8 Å². The highest BCUT2D eigenvalue weighted by atomic mass is 35.5. The van der Waals surface area contributed by atoms with Crippen LogP contribution in [0, 0.1) is 11.8 Å². The summed E-state index contributed by atoms with van der Waals surface area (Å²) in [6, 6.07) is 5.59. The lowest BCUT2D eigenvalue weighted by Gasteiger charge is -2.29. The second-order valence-corrected chi connectivity index (χ2v) is 5.57. The summed E-state index contributed by atoms with van der Waals surface area (Å²) in [7, 11) is 0. The van der Waals surface area contributed by atoms with E-state index >= 15 is 0 Å². The van der Waals surface area contributed by atoms with Crippen LogP contribution in [0.1, 0.15) is 32.6 Å². The van der Waals surface area contributed by atoms with Crippen molar-refractivity contribution in [3.8, 4) is 0 Å². The fourth-order valence-electron chi connectivity index (χ4n) is 2.62. The summed E-state index contributed by atoms with van der Waals surface area (Å²) in [6.45, 7) is 3.36. The van der Waals surface area contributed by atoms with Gasteiger partial charge >= 0.3 is 0 Å². The summed E-state index contributed by atoms with van der Waals surface area (Å²) >= 11 is 5.97. The van der Waals surface area contributed by atoms with Gasteiger partial charge < -0.3 is 11.1 Å². The minimum atomic E-state index is 0.735. The van der Waals surface area contributed by atoms with E-state index in [0.29, 0.717) is 0 Å². The van der Waals surface area contributed by atoms with E-state index in [-0.39, 0.29) is 0 Å². The predicted octanol–water partition coefficient (Wildman–Crippen LogP) is 4.16. The zero-order chi connectivity index (χ0) is 12.3. The second kappa shape index (κ2) is 5.63. The van der Waals surface area contributed by atoms with Crippen molar-refractivity contribution in [2.45, 2.75) is 32.6 Å². The first-order valence-electron chi connectivity index (χ1n) is 6.45. The van der Waals surface area contributed by atoms with E-state index in [9.17, 15) is 0 Å². The molecule has 94 valence electrons. The lowest BCUT2D eigenvalue weighted by atomic mass is 9.80. The standard InChI is InChI=1S/C14H21ClN2/c1-10-4-2-3-5-11(10)9-17-14-8-12(15)6-7-13(14)16/h6-8,10-11,17H,2-5,9,16H2,1H3. The van der Waals surface area contributed by atoms with E-state index in [1.807, 2.05) is 18.2 Å². The Bertz CT molecular complexity index is 378. The largest absolute Gasteiger partial charge is 0.397 e. The Labute approximate surface area is 109 Å². The lowest BCUT2D eigenvalue weighted by Crippen LogP contribution is -2.24. The smallest absolute Gasteiger partial charge is 0.0588 e. The number of anilines is 2. The van der Waals surface area contributed by atoms with Gasteiger partial charge in [0.25, 0.3) is 0 Å². The molecule has 2 unspecified atom stereocenters. The highest BCUT2D eigenvalue weighted by Gasteiger charge is 2.20. The average molecular weight is 253 g/mol. The molecule has 0 saturated heterocycles. The van der Waals surface area contributed by atoms with Crippen LogP contribution in [-0.2, 0) is 0 Å². The Morgan fingerprint density at radius 3 is 2.88 bits per heavy atom. The number of nitrogen functional groups attached to an aromatic ring is 1. The Hall–Kier alpha value is -0.890. The highest BCUT2D eigenvalue weighted by molar-refractivity contribution is 6.31. The monoisotopic (exact) mass is 252 g/mol. The number of nitrogens with one attached hydrogen (secondary N) is 1. The zero-order valence-corrected chi connectivity index (χ0v) is 11.1. The molecule has 1 saturated carbocycles. The van der Waals surface area contributed by atoms with Crippen LogP contribution in [0.4, 0.5) is 11.4 Å². The van der Waals surface area contributed by atoms with Gasteiger partial charge in [-0.05, 0) is 36.5 Å². The van der Waals surface area contributed by atoms with Crippen LogP contribution >= 0.6 is 11.6 Å². The third-order valence-corrected chi connectivity index (χ3v) is 4.09. The summed E-state index contributed by atoms with van der Waals surface area (Å²) in [5.74, 6) is 1.58. The van der Waals surface area contributed by atoms with Crippen molar-refractivity contribution in [1.29, 1.82) is 0 Å². The number of halogens is 1. The zero-order valence-electron chi connectivity index (χ0n) is 10.4. The van der Waals surface area contributed by atoms with E-state index in [1.54, 1.807) is 0 Å². The molecule has 0 aromatic heterocycles. The fourth-order valence-corrected chi connectivity index (χ4v) is 2.79. The summed E-state index contributed by atoms with van der Waals surface area (Å²) in [5, 5.41) is 4.18. The number of rotatable bonds is 3. The quantitative estimate of drug-likeness (QED) is 0.793. The number of hydrogen-bond donors (Lipinski definition) is 2. The van der Waals surface area contributed by atoms with Crippen molar-refractivity contribution in [3.63, 3.8) is 0 Å². The van der Waals surface area contributed by atoms with Gasteiger partial charge in [0.1, 0.15) is 0 Å². The van der Waals surface area contributed by atoms with E-state index in [4.69, 9.17) is 17.3 Å². The molecule has 1 aliphatic carbocycles. The van der Waals surface area contributed by atoms with Crippen LogP contribution in [0.5, 0.6) is 0 Å². The van der Waals surface area contributed by atoms with Gasteiger partial charge in [-0.2, -0.15) is 0 Å². The lowest BCUT2D eigenvalue weighted by molar-refractivity contribution is 0.268. The van der Waals surface area contributed by atoms with E-state index < -0.39 is 0 Å². The second-order valence-electron chi connectivity index (χ2n) is 5.13. The molecule has 0 bridgehead atoms. The van der Waals surface area contributed by atoms with Gasteiger partial charge in [-0.25, -0.2) is 0 Å². The van der Waals surface area contributed by atoms with Crippen LogP contribution in [0.3, 0.4) is 0 Å². The highest BCUT2D eigenvalue weighted by Crippen LogP contribution is 2.30. The molecule has 2 rings (SSSR count). The Balaban J connectivity index is 1.94. The molecule has 0 radical (unpaired) electrons. The first kappa shape index (κ1) is 12.6. The molecular weight excluding hydrogens is 232 g/mol. The maximum Gasteiger partial charge on any atom is 0.0588 e. The van der Waals surface area contributed by atoms with Crippen LogP contribution in [0.2, 0.25) is 5.02 Å². The van der Waals surface area contributed by atoms with Crippen molar-refractivity contribution >= 4 is 23.0 Å². The van der Waals surface area contributed by atoms with E-state index in [0.717, 1.165) is 34.8 Å². The minimum absolute atomic E-state index is 0.735. The van der Waals surface area contributed by atoms with Crippen LogP contribution in [0.25, 0.3) is 0 Å². The van der Waals surface area contributed by atoms with Gasteiger partial charge in [0.15, 0.2) is 0 Å². The van der Waals surface area contributed by atoms with Gasteiger partial charge in [-0.15, -0.1) is 0 Å². The predicted molar refractivity (Wildman–Crippen MR) is 75.5 cm³/mol. The molecule has 2 atom stereocenters. The molecule has 17 heavy (non-hydrogen) atoms. The molecule has 1 aromatic rings. The summed E-state index contributed by atoms with van der Waals surface area (Å²) in [5.41, 5.74) is 7.66. The third-order valence-electron chi connectivity index (χ3n) is 3.86. The van der Waals surface area contributed by atoms with Gasteiger partial charge in [0.2, 0.25) is 0 Å². The summed E-state index contributed by atoms with van der Waals surface area (Å²) in [4.78, 5) is 0. The third kappa shape index (κ3) is 3.29. The fraction of sp³-hybridized carbons (Fsp3) is 0.571. The molecule has 0 heterocycles. The topological polar surface area (TPSA) is 38.0 Å². The Morgan fingerprint density at radius 1 is 1.35 bits per heavy atom. The van der Waals surface area contributed by atoms with Gasteiger partial charge in [-0.3, -0.25) is 0 Å². The minimum Gasteiger partial charge on any atom is -0.397 e. The molecule has 3 N–H and O–H groups in total. The van der Waals surface area contributed by atoms with Crippen molar-refractivity contribution in [2.75, 3.05) is 17.6 Å². The van der Waals surface area contributed by atoms with Crippen LogP contribution < -0.4 is 11.1 Å². The van der Waals surface area contributed by atoms with Crippen molar-refractivity contribution in [3.05, 3.63) is 23.2 Å². The SMILES string of the molecule is CC1CCCCC1CNc1cc(Cl)ccc1N. The van der Waals surface area contributed by atoms with Crippen LogP contribution in [-0.4, -0.2) is 6.54 Å². The van der Waals surface area contributed by atoms with Crippen molar-refractivity contribution in [1.82, 2.24) is 0 Å². The van der Waals surface area contributed by atoms with Gasteiger partial charge in [0, 0.05) is 11.6 Å².